The van der Waals surface area contributed by atoms with Gasteiger partial charge in [-0.05, 0) is 18.9 Å². The van der Waals surface area contributed by atoms with E-state index in [9.17, 15) is 19.3 Å². The lowest BCUT2D eigenvalue weighted by atomic mass is 10.2. The van der Waals surface area contributed by atoms with E-state index in [2.05, 4.69) is 5.32 Å². The summed E-state index contributed by atoms with van der Waals surface area (Å²) in [6, 6.07) is 2.41. The molecule has 1 unspecified atom stereocenters. The molecule has 1 aliphatic rings. The first-order valence-electron chi connectivity index (χ1n) is 6.03. The number of nitrogens with one attached hydrogen (secondary N) is 1. The van der Waals surface area contributed by atoms with E-state index < -0.39 is 34.2 Å². The quantitative estimate of drug-likeness (QED) is 0.578. The van der Waals surface area contributed by atoms with Gasteiger partial charge < -0.3 is 9.84 Å². The molecule has 8 heteroatoms. The Kier molecular flexibility index (Phi) is 4.14. The van der Waals surface area contributed by atoms with E-state index in [1.165, 1.54) is 6.07 Å². The Balaban J connectivity index is 2.08. The largest absolute Gasteiger partial charge is 0.482 e. The molecule has 108 valence electrons. The van der Waals surface area contributed by atoms with Gasteiger partial charge in [-0.1, -0.05) is 6.07 Å². The molecule has 0 amide bonds. The van der Waals surface area contributed by atoms with Crippen molar-refractivity contribution in [2.75, 3.05) is 6.61 Å². The van der Waals surface area contributed by atoms with Crippen molar-refractivity contribution in [3.8, 4) is 5.75 Å². The van der Waals surface area contributed by atoms with Crippen molar-refractivity contribution in [3.63, 3.8) is 0 Å². The molecule has 0 saturated heterocycles. The predicted molar refractivity (Wildman–Crippen MR) is 66.1 cm³/mol. The minimum absolute atomic E-state index is 0.121. The van der Waals surface area contributed by atoms with E-state index in [0.717, 1.165) is 25.0 Å². The first kappa shape index (κ1) is 14.2. The van der Waals surface area contributed by atoms with Crippen LogP contribution in [0.1, 0.15) is 12.8 Å². The summed E-state index contributed by atoms with van der Waals surface area (Å²) in [6.45, 7) is -0.381. The number of carbonyl (C=O) groups is 1. The van der Waals surface area contributed by atoms with Gasteiger partial charge in [-0.2, -0.15) is 0 Å². The second-order valence-corrected chi connectivity index (χ2v) is 4.49. The Morgan fingerprint density at radius 3 is 2.85 bits per heavy atom. The highest BCUT2D eigenvalue weighted by molar-refractivity contribution is 5.73. The summed E-state index contributed by atoms with van der Waals surface area (Å²) in [7, 11) is 0. The maximum absolute atomic E-state index is 13.5. The molecule has 0 aromatic heterocycles. The fourth-order valence-corrected chi connectivity index (χ4v) is 1.68. The fraction of sp³-hybridized carbons (Fsp3) is 0.417. The lowest BCUT2D eigenvalue weighted by molar-refractivity contribution is -0.386. The van der Waals surface area contributed by atoms with Crippen molar-refractivity contribution in [3.05, 3.63) is 34.1 Å². The first-order chi connectivity index (χ1) is 9.49. The van der Waals surface area contributed by atoms with Crippen molar-refractivity contribution >= 4 is 11.7 Å². The SMILES string of the molecule is O=C(O)C(COc1c(F)cccc1[N+](=O)[O-])NC1CC1. The molecule has 2 rings (SSSR count). The summed E-state index contributed by atoms with van der Waals surface area (Å²) < 4.78 is 18.6. The van der Waals surface area contributed by atoms with Crippen molar-refractivity contribution in [1.29, 1.82) is 0 Å². The van der Waals surface area contributed by atoms with Crippen LogP contribution in [-0.2, 0) is 4.79 Å². The Labute approximate surface area is 113 Å². The molecule has 0 heterocycles. The number of rotatable bonds is 7. The molecule has 20 heavy (non-hydrogen) atoms. The van der Waals surface area contributed by atoms with Crippen LogP contribution in [0, 0.1) is 15.9 Å². The number of hydrogen-bond donors (Lipinski definition) is 2. The second kappa shape index (κ2) is 5.83. The van der Waals surface area contributed by atoms with Crippen molar-refractivity contribution in [2.24, 2.45) is 0 Å². The molecule has 0 aliphatic heterocycles. The van der Waals surface area contributed by atoms with Crippen LogP contribution >= 0.6 is 0 Å². The molecule has 1 saturated carbocycles. The van der Waals surface area contributed by atoms with Crippen LogP contribution in [0.3, 0.4) is 0 Å². The molecule has 0 radical (unpaired) electrons. The number of para-hydroxylation sites is 1. The van der Waals surface area contributed by atoms with E-state index in [1.54, 1.807) is 0 Å². The Bertz CT molecular complexity index is 533. The van der Waals surface area contributed by atoms with Crippen molar-refractivity contribution in [2.45, 2.75) is 24.9 Å². The number of benzene rings is 1. The number of halogens is 1. The van der Waals surface area contributed by atoms with Crippen LogP contribution < -0.4 is 10.1 Å². The number of carboxylic acids is 1. The summed E-state index contributed by atoms with van der Waals surface area (Å²) in [5.74, 6) is -2.58. The maximum atomic E-state index is 13.5. The van der Waals surface area contributed by atoms with E-state index in [1.807, 2.05) is 0 Å². The number of ether oxygens (including phenoxy) is 1. The lowest BCUT2D eigenvalue weighted by Gasteiger charge is -2.15. The zero-order valence-corrected chi connectivity index (χ0v) is 10.4. The van der Waals surface area contributed by atoms with E-state index >= 15 is 0 Å². The molecule has 1 aromatic rings. The molecular formula is C12H13FN2O5. The fourth-order valence-electron chi connectivity index (χ4n) is 1.68. The van der Waals surface area contributed by atoms with E-state index in [4.69, 9.17) is 9.84 Å². The number of nitro groups is 1. The average molecular weight is 284 g/mol. The van der Waals surface area contributed by atoms with E-state index in [-0.39, 0.29) is 12.6 Å². The Hall–Kier alpha value is -2.22. The highest BCUT2D eigenvalue weighted by Crippen LogP contribution is 2.29. The van der Waals surface area contributed by atoms with Crippen molar-refractivity contribution < 1.29 is 24.0 Å². The predicted octanol–water partition coefficient (Wildman–Crippen LogP) is 1.32. The van der Waals surface area contributed by atoms with Crippen LogP contribution in [0.5, 0.6) is 5.75 Å². The highest BCUT2D eigenvalue weighted by Gasteiger charge is 2.30. The molecule has 1 atom stereocenters. The lowest BCUT2D eigenvalue weighted by Crippen LogP contribution is -2.42. The summed E-state index contributed by atoms with van der Waals surface area (Å²) in [5, 5.41) is 22.6. The molecule has 1 aliphatic carbocycles. The zero-order valence-electron chi connectivity index (χ0n) is 10.4. The van der Waals surface area contributed by atoms with Gasteiger partial charge in [-0.15, -0.1) is 0 Å². The molecule has 1 aromatic carbocycles. The molecule has 2 N–H and O–H groups in total. The minimum atomic E-state index is -1.14. The third-order valence-corrected chi connectivity index (χ3v) is 2.85. The van der Waals surface area contributed by atoms with Gasteiger partial charge in [-0.3, -0.25) is 20.2 Å². The third-order valence-electron chi connectivity index (χ3n) is 2.85. The van der Waals surface area contributed by atoms with Gasteiger partial charge in [0, 0.05) is 12.1 Å². The molecule has 0 spiro atoms. The topological polar surface area (TPSA) is 102 Å². The molecule has 1 fully saturated rings. The second-order valence-electron chi connectivity index (χ2n) is 4.49. The number of carboxylic acid groups (broad SMARTS) is 1. The van der Waals surface area contributed by atoms with Crippen LogP contribution in [0.25, 0.3) is 0 Å². The highest BCUT2D eigenvalue weighted by atomic mass is 19.1. The summed E-state index contributed by atoms with van der Waals surface area (Å²) in [4.78, 5) is 21.0. The average Bonchev–Trinajstić information content (AvgIpc) is 3.18. The van der Waals surface area contributed by atoms with Gasteiger partial charge in [0.1, 0.15) is 12.6 Å². The van der Waals surface area contributed by atoms with Crippen LogP contribution in [-0.4, -0.2) is 34.7 Å². The van der Waals surface area contributed by atoms with E-state index in [0.29, 0.717) is 0 Å². The Morgan fingerprint density at radius 2 is 2.30 bits per heavy atom. The van der Waals surface area contributed by atoms with Crippen LogP contribution in [0.15, 0.2) is 18.2 Å². The van der Waals surface area contributed by atoms with Gasteiger partial charge in [-0.25, -0.2) is 4.39 Å². The number of aliphatic carboxylic acids is 1. The molecular weight excluding hydrogens is 271 g/mol. The smallest absolute Gasteiger partial charge is 0.324 e. The van der Waals surface area contributed by atoms with Gasteiger partial charge in [0.05, 0.1) is 4.92 Å². The maximum Gasteiger partial charge on any atom is 0.324 e. The first-order valence-corrected chi connectivity index (χ1v) is 6.03. The van der Waals surface area contributed by atoms with Crippen LogP contribution in [0.4, 0.5) is 10.1 Å². The zero-order chi connectivity index (χ0) is 14.7. The summed E-state index contributed by atoms with van der Waals surface area (Å²) in [5.41, 5.74) is -0.527. The van der Waals surface area contributed by atoms with Gasteiger partial charge in [0.15, 0.2) is 5.82 Å². The normalized spacial score (nSPS) is 15.7. The van der Waals surface area contributed by atoms with Crippen LogP contribution in [0.2, 0.25) is 0 Å². The number of nitrogens with zero attached hydrogens (tertiary/aromatic N) is 1. The van der Waals surface area contributed by atoms with Crippen molar-refractivity contribution in [1.82, 2.24) is 5.32 Å². The number of hydrogen-bond acceptors (Lipinski definition) is 5. The standard InChI is InChI=1S/C12H13FN2O5/c13-8-2-1-3-10(15(18)19)11(8)20-6-9(12(16)17)14-7-4-5-7/h1-3,7,9,14H,4-6H2,(H,16,17). The van der Waals surface area contributed by atoms with Gasteiger partial charge >= 0.3 is 11.7 Å². The Morgan fingerprint density at radius 1 is 1.60 bits per heavy atom. The number of nitro benzene ring substituents is 1. The summed E-state index contributed by atoms with van der Waals surface area (Å²) >= 11 is 0. The summed E-state index contributed by atoms with van der Waals surface area (Å²) in [6.07, 6.45) is 1.76. The third kappa shape index (κ3) is 3.41. The van der Waals surface area contributed by atoms with Gasteiger partial charge in [0.25, 0.3) is 0 Å². The monoisotopic (exact) mass is 284 g/mol. The van der Waals surface area contributed by atoms with Gasteiger partial charge in [0.2, 0.25) is 5.75 Å². The molecule has 0 bridgehead atoms. The molecule has 7 nitrogen and oxygen atoms in total. The minimum Gasteiger partial charge on any atom is -0.482 e.